The molecule has 0 heterocycles. The zero-order valence-electron chi connectivity index (χ0n) is 10.7. The highest BCUT2D eigenvalue weighted by molar-refractivity contribution is 6.30. The first kappa shape index (κ1) is 15.2. The molecule has 1 amide bonds. The van der Waals surface area contributed by atoms with Crippen molar-refractivity contribution in [1.82, 2.24) is 5.32 Å². The Morgan fingerprint density at radius 1 is 1.42 bits per heavy atom. The third kappa shape index (κ3) is 6.62. The van der Waals surface area contributed by atoms with Gasteiger partial charge in [-0.1, -0.05) is 23.7 Å². The van der Waals surface area contributed by atoms with Crippen molar-refractivity contribution in [3.05, 3.63) is 40.9 Å². The molecule has 0 unspecified atom stereocenters. The summed E-state index contributed by atoms with van der Waals surface area (Å²) in [5, 5.41) is 3.31. The first-order chi connectivity index (χ1) is 9.11. The number of rotatable bonds is 6. The quantitative estimate of drug-likeness (QED) is 0.495. The molecule has 0 aliphatic rings. The highest BCUT2D eigenvalue weighted by atomic mass is 35.5. The van der Waals surface area contributed by atoms with E-state index < -0.39 is 0 Å². The van der Waals surface area contributed by atoms with Crippen molar-refractivity contribution < 1.29 is 14.3 Å². The molecule has 1 N–H and O–H groups in total. The number of hydrogen-bond acceptors (Lipinski definition) is 3. The molecular weight excluding hydrogens is 266 g/mol. The fourth-order valence-corrected chi connectivity index (χ4v) is 1.59. The lowest BCUT2D eigenvalue weighted by atomic mass is 10.2. The van der Waals surface area contributed by atoms with Gasteiger partial charge >= 0.3 is 5.97 Å². The minimum atomic E-state index is -0.274. The average molecular weight is 282 g/mol. The number of carbonyl (C=O) groups is 2. The molecule has 0 aliphatic heterocycles. The van der Waals surface area contributed by atoms with Gasteiger partial charge in [-0.25, -0.2) is 0 Å². The molecule has 0 bridgehead atoms. The molecule has 0 aliphatic carbocycles. The Kier molecular flexibility index (Phi) is 6.68. The van der Waals surface area contributed by atoms with Crippen LogP contribution < -0.4 is 5.32 Å². The van der Waals surface area contributed by atoms with Crippen LogP contribution in [0.15, 0.2) is 30.3 Å². The Balaban J connectivity index is 2.29. The van der Waals surface area contributed by atoms with Gasteiger partial charge in [-0.2, -0.15) is 0 Å². The number of carbonyl (C=O) groups excluding carboxylic acids is 2. The molecule has 0 saturated heterocycles. The molecule has 5 heteroatoms. The van der Waals surface area contributed by atoms with Crippen molar-refractivity contribution in [2.24, 2.45) is 0 Å². The lowest BCUT2D eigenvalue weighted by Gasteiger charge is -2.01. The van der Waals surface area contributed by atoms with Crippen LogP contribution in [0.2, 0.25) is 5.02 Å². The zero-order valence-corrected chi connectivity index (χ0v) is 11.4. The number of nitrogens with one attached hydrogen (secondary N) is 1. The normalized spacial score (nSPS) is 10.4. The van der Waals surface area contributed by atoms with Gasteiger partial charge in [0, 0.05) is 24.1 Å². The number of amides is 1. The van der Waals surface area contributed by atoms with Gasteiger partial charge in [-0.15, -0.1) is 0 Å². The third-order valence-electron chi connectivity index (χ3n) is 2.36. The van der Waals surface area contributed by atoms with Crippen LogP contribution in [0.3, 0.4) is 0 Å². The topological polar surface area (TPSA) is 55.4 Å². The van der Waals surface area contributed by atoms with Crippen LogP contribution in [0.25, 0.3) is 6.08 Å². The summed E-state index contributed by atoms with van der Waals surface area (Å²) in [7, 11) is 1.34. The maximum Gasteiger partial charge on any atom is 0.305 e. The van der Waals surface area contributed by atoms with Crippen LogP contribution >= 0.6 is 11.6 Å². The van der Waals surface area contributed by atoms with Crippen molar-refractivity contribution >= 4 is 29.6 Å². The van der Waals surface area contributed by atoms with Crippen LogP contribution in [0.4, 0.5) is 0 Å². The number of esters is 1. The van der Waals surface area contributed by atoms with Crippen molar-refractivity contribution in [1.29, 1.82) is 0 Å². The van der Waals surface area contributed by atoms with Crippen LogP contribution in [-0.2, 0) is 14.3 Å². The molecule has 0 saturated carbocycles. The average Bonchev–Trinajstić information content (AvgIpc) is 2.41. The van der Waals surface area contributed by atoms with Crippen molar-refractivity contribution in [3.63, 3.8) is 0 Å². The Morgan fingerprint density at radius 3 is 2.89 bits per heavy atom. The predicted molar refractivity (Wildman–Crippen MR) is 74.7 cm³/mol. The fraction of sp³-hybridized carbons (Fsp3) is 0.286. The van der Waals surface area contributed by atoms with E-state index in [2.05, 4.69) is 10.1 Å². The molecule has 0 fully saturated rings. The zero-order chi connectivity index (χ0) is 14.1. The van der Waals surface area contributed by atoms with Gasteiger partial charge in [0.1, 0.15) is 0 Å². The van der Waals surface area contributed by atoms with Crippen LogP contribution in [0.1, 0.15) is 18.4 Å². The van der Waals surface area contributed by atoms with Crippen LogP contribution in [0.5, 0.6) is 0 Å². The number of methoxy groups -OCH3 is 1. The van der Waals surface area contributed by atoms with Gasteiger partial charge < -0.3 is 10.1 Å². The predicted octanol–water partition coefficient (Wildman–Crippen LogP) is 2.42. The van der Waals surface area contributed by atoms with Gasteiger partial charge in [-0.3, -0.25) is 9.59 Å². The van der Waals surface area contributed by atoms with Crippen LogP contribution in [-0.4, -0.2) is 25.5 Å². The van der Waals surface area contributed by atoms with E-state index in [9.17, 15) is 9.59 Å². The smallest absolute Gasteiger partial charge is 0.305 e. The lowest BCUT2D eigenvalue weighted by Crippen LogP contribution is -2.22. The minimum Gasteiger partial charge on any atom is -0.469 e. The van der Waals surface area contributed by atoms with Gasteiger partial charge in [0.05, 0.1) is 7.11 Å². The molecule has 0 radical (unpaired) electrons. The fourth-order valence-electron chi connectivity index (χ4n) is 1.39. The molecule has 1 rings (SSSR count). The summed E-state index contributed by atoms with van der Waals surface area (Å²) in [6, 6.07) is 7.21. The Morgan fingerprint density at radius 2 is 2.21 bits per heavy atom. The van der Waals surface area contributed by atoms with E-state index in [1.165, 1.54) is 13.2 Å². The molecule has 4 nitrogen and oxygen atoms in total. The largest absolute Gasteiger partial charge is 0.469 e. The highest BCUT2D eigenvalue weighted by Gasteiger charge is 2.00. The minimum absolute atomic E-state index is 0.204. The van der Waals surface area contributed by atoms with E-state index >= 15 is 0 Å². The maximum atomic E-state index is 11.5. The molecule has 0 atom stereocenters. The summed E-state index contributed by atoms with van der Waals surface area (Å²) in [5.74, 6) is -0.478. The van der Waals surface area contributed by atoms with Gasteiger partial charge in [-0.05, 0) is 30.2 Å². The lowest BCUT2D eigenvalue weighted by molar-refractivity contribution is -0.140. The Labute approximate surface area is 117 Å². The van der Waals surface area contributed by atoms with Crippen molar-refractivity contribution in [2.45, 2.75) is 12.8 Å². The molecule has 19 heavy (non-hydrogen) atoms. The standard InChI is InChI=1S/C14H16ClNO3/c1-19-14(18)6-3-9-16-13(17)8-7-11-4-2-5-12(15)10-11/h2,4-5,7-8,10H,3,6,9H2,1H3,(H,16,17)/b8-7+. The Bertz CT molecular complexity index is 472. The number of benzene rings is 1. The van der Waals surface area contributed by atoms with E-state index in [1.54, 1.807) is 18.2 Å². The van der Waals surface area contributed by atoms with E-state index in [1.807, 2.05) is 12.1 Å². The summed E-state index contributed by atoms with van der Waals surface area (Å²) in [5.41, 5.74) is 0.859. The SMILES string of the molecule is COC(=O)CCCNC(=O)/C=C/c1cccc(Cl)c1. The second-order valence-electron chi connectivity index (χ2n) is 3.86. The molecule has 0 spiro atoms. The Hall–Kier alpha value is -1.81. The van der Waals surface area contributed by atoms with Gasteiger partial charge in [0.25, 0.3) is 0 Å². The number of hydrogen-bond donors (Lipinski definition) is 1. The molecule has 1 aromatic rings. The number of ether oxygens (including phenoxy) is 1. The second-order valence-corrected chi connectivity index (χ2v) is 4.30. The first-order valence-corrected chi connectivity index (χ1v) is 6.28. The van der Waals surface area contributed by atoms with Gasteiger partial charge in [0.15, 0.2) is 0 Å². The van der Waals surface area contributed by atoms with Crippen molar-refractivity contribution in [2.75, 3.05) is 13.7 Å². The third-order valence-corrected chi connectivity index (χ3v) is 2.60. The maximum absolute atomic E-state index is 11.5. The van der Waals surface area contributed by atoms with Crippen LogP contribution in [0, 0.1) is 0 Å². The first-order valence-electron chi connectivity index (χ1n) is 5.90. The molecule has 102 valence electrons. The number of halogens is 1. The summed E-state index contributed by atoms with van der Waals surface area (Å²) < 4.78 is 4.50. The summed E-state index contributed by atoms with van der Waals surface area (Å²) in [6.45, 7) is 0.438. The summed E-state index contributed by atoms with van der Waals surface area (Å²) in [4.78, 5) is 22.3. The van der Waals surface area contributed by atoms with Gasteiger partial charge in [0.2, 0.25) is 5.91 Å². The van der Waals surface area contributed by atoms with E-state index in [4.69, 9.17) is 11.6 Å². The molecule has 0 aromatic heterocycles. The summed E-state index contributed by atoms with van der Waals surface area (Å²) >= 11 is 5.83. The van der Waals surface area contributed by atoms with E-state index in [-0.39, 0.29) is 11.9 Å². The molecular formula is C14H16ClNO3. The van der Waals surface area contributed by atoms with E-state index in [0.717, 1.165) is 5.56 Å². The monoisotopic (exact) mass is 281 g/mol. The van der Waals surface area contributed by atoms with Crippen molar-refractivity contribution in [3.8, 4) is 0 Å². The van der Waals surface area contributed by atoms with E-state index in [0.29, 0.717) is 24.4 Å². The molecule has 1 aromatic carbocycles. The second kappa shape index (κ2) is 8.32. The summed E-state index contributed by atoms with van der Waals surface area (Å²) in [6.07, 6.45) is 3.98. The highest BCUT2D eigenvalue weighted by Crippen LogP contribution is 2.11.